The Bertz CT molecular complexity index is 2180. The summed E-state index contributed by atoms with van der Waals surface area (Å²) in [6, 6.07) is 78.7. The molecule has 0 atom stereocenters. The number of hydrogen-bond donors (Lipinski definition) is 0. The first-order valence-corrected chi connectivity index (χ1v) is 17.2. The van der Waals surface area contributed by atoms with Crippen molar-refractivity contribution in [3.05, 3.63) is 241 Å². The summed E-state index contributed by atoms with van der Waals surface area (Å²) in [4.78, 5) is 0. The average Bonchev–Trinajstić information content (AvgIpc) is 3.21. The minimum atomic E-state index is 1.16. The van der Waals surface area contributed by atoms with E-state index < -0.39 is 0 Å². The van der Waals surface area contributed by atoms with E-state index in [9.17, 15) is 0 Å². The Balaban J connectivity index is 1.55. The molecule has 0 heterocycles. The van der Waals surface area contributed by atoms with Crippen molar-refractivity contribution >= 4 is 11.1 Å². The first-order valence-electron chi connectivity index (χ1n) is 17.2. The van der Waals surface area contributed by atoms with E-state index in [-0.39, 0.29) is 0 Å². The molecule has 8 aromatic carbocycles. The summed E-state index contributed by atoms with van der Waals surface area (Å²) in [6.07, 6.45) is 0. The molecule has 0 aliphatic heterocycles. The molecular formula is C50H36. The highest BCUT2D eigenvalue weighted by Gasteiger charge is 2.23. The molecule has 50 heavy (non-hydrogen) atoms. The number of hydrogen-bond acceptors (Lipinski definition) is 0. The highest BCUT2D eigenvalue weighted by atomic mass is 14.3. The van der Waals surface area contributed by atoms with Crippen molar-refractivity contribution in [2.45, 2.75) is 0 Å². The van der Waals surface area contributed by atoms with E-state index in [4.69, 9.17) is 0 Å². The fraction of sp³-hybridized carbons (Fsp3) is 0. The Morgan fingerprint density at radius 3 is 0.820 bits per heavy atom. The van der Waals surface area contributed by atoms with Gasteiger partial charge in [-0.25, -0.2) is 0 Å². The highest BCUT2D eigenvalue weighted by Crippen LogP contribution is 2.45. The van der Waals surface area contributed by atoms with E-state index >= 15 is 0 Å². The van der Waals surface area contributed by atoms with Crippen LogP contribution in [-0.4, -0.2) is 0 Å². The van der Waals surface area contributed by atoms with Crippen molar-refractivity contribution in [2.24, 2.45) is 0 Å². The molecule has 0 N–H and O–H groups in total. The van der Waals surface area contributed by atoms with Crippen LogP contribution in [0.5, 0.6) is 0 Å². The third-order valence-corrected chi connectivity index (χ3v) is 9.34. The monoisotopic (exact) mass is 636 g/mol. The van der Waals surface area contributed by atoms with Crippen LogP contribution < -0.4 is 0 Å². The first-order chi connectivity index (χ1) is 24.8. The van der Waals surface area contributed by atoms with E-state index in [1.807, 2.05) is 0 Å². The van der Waals surface area contributed by atoms with Crippen molar-refractivity contribution in [1.82, 2.24) is 0 Å². The van der Waals surface area contributed by atoms with Gasteiger partial charge >= 0.3 is 0 Å². The van der Waals surface area contributed by atoms with Gasteiger partial charge in [0.1, 0.15) is 0 Å². The summed E-state index contributed by atoms with van der Waals surface area (Å²) in [5.41, 5.74) is 16.6. The van der Waals surface area contributed by atoms with Crippen molar-refractivity contribution < 1.29 is 0 Å². The van der Waals surface area contributed by atoms with Crippen LogP contribution in [0.15, 0.2) is 218 Å². The van der Waals surface area contributed by atoms with E-state index in [0.717, 1.165) is 11.1 Å². The standard InChI is InChI=1S/C50H36/c1-7-19-37(20-8-1)43-31-33-45(39-23-11-3-12-24-39)47(35-43)49(41-27-15-5-16-28-41)50(42-29-17-6-18-30-42)48-36-44(38-21-9-2-10-22-38)32-34-46(48)40-25-13-4-14-26-40/h1-36H/b50-49-. The second-order valence-corrected chi connectivity index (χ2v) is 12.5. The van der Waals surface area contributed by atoms with Crippen LogP contribution in [0.1, 0.15) is 22.3 Å². The maximum absolute atomic E-state index is 2.40. The Hall–Kier alpha value is -6.50. The van der Waals surface area contributed by atoms with Gasteiger partial charge in [-0.15, -0.1) is 0 Å². The fourth-order valence-corrected chi connectivity index (χ4v) is 6.94. The molecule has 0 fully saturated rings. The molecule has 0 nitrogen and oxygen atoms in total. The third kappa shape index (κ3) is 6.35. The third-order valence-electron chi connectivity index (χ3n) is 9.34. The second kappa shape index (κ2) is 14.3. The Morgan fingerprint density at radius 1 is 0.220 bits per heavy atom. The fourth-order valence-electron chi connectivity index (χ4n) is 6.94. The van der Waals surface area contributed by atoms with Crippen LogP contribution in [0.25, 0.3) is 55.7 Å². The molecule has 0 saturated carbocycles. The lowest BCUT2D eigenvalue weighted by Gasteiger charge is -2.24. The van der Waals surface area contributed by atoms with Gasteiger partial charge in [-0.1, -0.05) is 206 Å². The predicted molar refractivity (Wildman–Crippen MR) is 213 cm³/mol. The van der Waals surface area contributed by atoms with Crippen molar-refractivity contribution in [2.75, 3.05) is 0 Å². The molecule has 236 valence electrons. The lowest BCUT2D eigenvalue weighted by atomic mass is 9.79. The smallest absolute Gasteiger partial charge is 0.00201 e. The molecule has 8 rings (SSSR count). The lowest BCUT2D eigenvalue weighted by molar-refractivity contribution is 1.48. The summed E-state index contributed by atoms with van der Waals surface area (Å²) in [6.45, 7) is 0. The average molecular weight is 637 g/mol. The number of benzene rings is 8. The minimum absolute atomic E-state index is 1.16. The predicted octanol–water partition coefficient (Wildman–Crippen LogP) is 13.4. The van der Waals surface area contributed by atoms with Crippen LogP contribution in [0.2, 0.25) is 0 Å². The van der Waals surface area contributed by atoms with E-state index in [0.29, 0.717) is 0 Å². The van der Waals surface area contributed by atoms with Gasteiger partial charge in [0.05, 0.1) is 0 Å². The van der Waals surface area contributed by atoms with Gasteiger partial charge in [0.25, 0.3) is 0 Å². The number of rotatable bonds is 8. The molecule has 0 spiro atoms. The molecule has 0 bridgehead atoms. The summed E-state index contributed by atoms with van der Waals surface area (Å²) < 4.78 is 0. The van der Waals surface area contributed by atoms with Gasteiger partial charge in [-0.05, 0) is 90.0 Å². The Labute approximate surface area is 295 Å². The zero-order valence-electron chi connectivity index (χ0n) is 27.8. The highest BCUT2D eigenvalue weighted by molar-refractivity contribution is 6.10. The van der Waals surface area contributed by atoms with E-state index in [1.165, 1.54) is 66.8 Å². The van der Waals surface area contributed by atoms with Crippen molar-refractivity contribution in [3.8, 4) is 44.5 Å². The van der Waals surface area contributed by atoms with Gasteiger partial charge in [-0.3, -0.25) is 0 Å². The zero-order chi connectivity index (χ0) is 33.5. The summed E-state index contributed by atoms with van der Waals surface area (Å²) in [5, 5.41) is 0. The molecule has 8 aromatic rings. The summed E-state index contributed by atoms with van der Waals surface area (Å²) in [5.74, 6) is 0. The quantitative estimate of drug-likeness (QED) is 0.146. The van der Waals surface area contributed by atoms with E-state index in [1.54, 1.807) is 0 Å². The molecule has 0 saturated heterocycles. The molecular weight excluding hydrogens is 601 g/mol. The molecule has 0 aromatic heterocycles. The van der Waals surface area contributed by atoms with Crippen LogP contribution in [0, 0.1) is 0 Å². The lowest BCUT2D eigenvalue weighted by Crippen LogP contribution is -2.02. The van der Waals surface area contributed by atoms with Crippen LogP contribution >= 0.6 is 0 Å². The Morgan fingerprint density at radius 2 is 0.500 bits per heavy atom. The van der Waals surface area contributed by atoms with E-state index in [2.05, 4.69) is 218 Å². The Kier molecular flexibility index (Phi) is 8.82. The molecule has 0 aliphatic carbocycles. The SMILES string of the molecule is c1ccc(/C(=C(\c2ccccc2)c2cc(-c3ccccc3)ccc2-c2ccccc2)c2cc(-c3ccccc3)ccc2-c2ccccc2)cc1. The maximum atomic E-state index is 2.40. The maximum Gasteiger partial charge on any atom is -0.00201 e. The first kappa shape index (κ1) is 30.8. The van der Waals surface area contributed by atoms with Crippen LogP contribution in [-0.2, 0) is 0 Å². The van der Waals surface area contributed by atoms with Crippen molar-refractivity contribution in [1.29, 1.82) is 0 Å². The summed E-state index contributed by atoms with van der Waals surface area (Å²) >= 11 is 0. The molecule has 0 heteroatoms. The largest absolute Gasteiger partial charge is 0.0622 e. The molecule has 0 unspecified atom stereocenters. The topological polar surface area (TPSA) is 0 Å². The zero-order valence-corrected chi connectivity index (χ0v) is 27.8. The van der Waals surface area contributed by atoms with Gasteiger partial charge in [0.2, 0.25) is 0 Å². The van der Waals surface area contributed by atoms with Crippen LogP contribution in [0.4, 0.5) is 0 Å². The van der Waals surface area contributed by atoms with Gasteiger partial charge < -0.3 is 0 Å². The van der Waals surface area contributed by atoms with Gasteiger partial charge in [0.15, 0.2) is 0 Å². The minimum Gasteiger partial charge on any atom is -0.0622 e. The molecule has 0 radical (unpaired) electrons. The van der Waals surface area contributed by atoms with Crippen LogP contribution in [0.3, 0.4) is 0 Å². The van der Waals surface area contributed by atoms with Gasteiger partial charge in [-0.2, -0.15) is 0 Å². The molecule has 0 aliphatic rings. The summed E-state index contributed by atoms with van der Waals surface area (Å²) in [7, 11) is 0. The molecule has 0 amide bonds. The van der Waals surface area contributed by atoms with Crippen molar-refractivity contribution in [3.63, 3.8) is 0 Å². The second-order valence-electron chi connectivity index (χ2n) is 12.5. The normalized spacial score (nSPS) is 11.5. The van der Waals surface area contributed by atoms with Gasteiger partial charge in [0, 0.05) is 0 Å².